The maximum Gasteiger partial charge on any atom is 0.410 e. The molecule has 4 amide bonds. The first-order valence-electron chi connectivity index (χ1n) is 12.4. The first-order chi connectivity index (χ1) is 19.5. The maximum absolute atomic E-state index is 13.6. The number of hydrogen-bond donors (Lipinski definition) is 3. The van der Waals surface area contributed by atoms with E-state index in [1.54, 1.807) is 6.92 Å². The van der Waals surface area contributed by atoms with Crippen molar-refractivity contribution in [3.05, 3.63) is 77.1 Å². The van der Waals surface area contributed by atoms with E-state index in [1.807, 2.05) is 5.32 Å². The molecule has 3 atom stereocenters. The molecule has 1 fully saturated rings. The number of halogens is 4. The molecule has 3 heterocycles. The summed E-state index contributed by atoms with van der Waals surface area (Å²) in [4.78, 5) is 43.8. The number of aromatic nitrogens is 2. The molecule has 1 aromatic carbocycles. The Hall–Kier alpha value is -4.53. The van der Waals surface area contributed by atoms with Crippen LogP contribution in [0.15, 0.2) is 53.4 Å². The number of pyridine rings is 1. The summed E-state index contributed by atoms with van der Waals surface area (Å²) in [6.45, 7) is 1.01. The summed E-state index contributed by atoms with van der Waals surface area (Å²) < 4.78 is 63.3. The lowest BCUT2D eigenvalue weighted by molar-refractivity contribution is -0.150. The maximum atomic E-state index is 13.6. The number of aryl methyl sites for hydroxylation is 1. The van der Waals surface area contributed by atoms with Crippen LogP contribution in [0.1, 0.15) is 46.2 Å². The summed E-state index contributed by atoms with van der Waals surface area (Å²) in [6, 6.07) is 2.53. The molecule has 11 nitrogen and oxygen atoms in total. The summed E-state index contributed by atoms with van der Waals surface area (Å²) in [5.74, 6) is -2.03. The molecular formula is C26H26F4N6O5. The highest BCUT2D eigenvalue weighted by Crippen LogP contribution is 2.31. The third-order valence-electron chi connectivity index (χ3n) is 6.43. The number of nitrogens with one attached hydrogen (secondary N) is 3. The monoisotopic (exact) mass is 578 g/mol. The van der Waals surface area contributed by atoms with E-state index in [0.29, 0.717) is 17.5 Å². The van der Waals surface area contributed by atoms with E-state index in [2.05, 4.69) is 20.8 Å². The van der Waals surface area contributed by atoms with E-state index in [0.717, 1.165) is 17.0 Å². The van der Waals surface area contributed by atoms with Gasteiger partial charge in [-0.1, -0.05) is 24.2 Å². The molecule has 1 aliphatic heterocycles. The number of rotatable bonds is 10. The zero-order valence-corrected chi connectivity index (χ0v) is 21.9. The van der Waals surface area contributed by atoms with Crippen molar-refractivity contribution in [1.29, 1.82) is 0 Å². The zero-order chi connectivity index (χ0) is 29.7. The molecule has 3 aromatic rings. The van der Waals surface area contributed by atoms with Gasteiger partial charge in [-0.15, -0.1) is 0 Å². The van der Waals surface area contributed by atoms with Gasteiger partial charge in [0.1, 0.15) is 30.0 Å². The van der Waals surface area contributed by atoms with Gasteiger partial charge in [-0.05, 0) is 41.8 Å². The number of methoxy groups -OCH3 is 1. The van der Waals surface area contributed by atoms with Crippen LogP contribution in [-0.2, 0) is 16.0 Å². The molecule has 218 valence electrons. The van der Waals surface area contributed by atoms with Crippen molar-refractivity contribution in [2.24, 2.45) is 0 Å². The largest absolute Gasteiger partial charge is 0.410 e. The summed E-state index contributed by atoms with van der Waals surface area (Å²) in [7, 11) is 1.33. The summed E-state index contributed by atoms with van der Waals surface area (Å²) in [5, 5.41) is 10.7. The van der Waals surface area contributed by atoms with Crippen LogP contribution in [0.2, 0.25) is 0 Å². The number of anilines is 1. The van der Waals surface area contributed by atoms with Crippen LogP contribution >= 0.6 is 0 Å². The van der Waals surface area contributed by atoms with E-state index in [9.17, 15) is 31.9 Å². The van der Waals surface area contributed by atoms with Gasteiger partial charge < -0.3 is 30.1 Å². The minimum Gasteiger partial charge on any atom is -0.382 e. The van der Waals surface area contributed by atoms with Gasteiger partial charge in [-0.2, -0.15) is 13.2 Å². The Bertz CT molecular complexity index is 1400. The highest BCUT2D eigenvalue weighted by molar-refractivity contribution is 6.01. The lowest BCUT2D eigenvalue weighted by Gasteiger charge is -2.27. The predicted octanol–water partition coefficient (Wildman–Crippen LogP) is 3.52. The van der Waals surface area contributed by atoms with E-state index in [-0.39, 0.29) is 23.7 Å². The number of urea groups is 1. The van der Waals surface area contributed by atoms with Gasteiger partial charge in [0, 0.05) is 18.9 Å². The van der Waals surface area contributed by atoms with Crippen LogP contribution in [0.3, 0.4) is 0 Å². The Kier molecular flexibility index (Phi) is 8.86. The van der Waals surface area contributed by atoms with Gasteiger partial charge in [-0.3, -0.25) is 9.59 Å². The Balaban J connectivity index is 1.58. The number of alkyl halides is 3. The van der Waals surface area contributed by atoms with Gasteiger partial charge >= 0.3 is 12.2 Å². The second-order valence-electron chi connectivity index (χ2n) is 9.13. The van der Waals surface area contributed by atoms with Gasteiger partial charge in [0.25, 0.3) is 11.8 Å². The molecule has 0 saturated carbocycles. The molecule has 0 radical (unpaired) electrons. The van der Waals surface area contributed by atoms with Crippen molar-refractivity contribution in [2.75, 3.05) is 25.6 Å². The van der Waals surface area contributed by atoms with Crippen molar-refractivity contribution in [2.45, 2.75) is 37.6 Å². The van der Waals surface area contributed by atoms with Crippen LogP contribution in [0.5, 0.6) is 0 Å². The fourth-order valence-corrected chi connectivity index (χ4v) is 4.31. The minimum absolute atomic E-state index is 0.0161. The predicted molar refractivity (Wildman–Crippen MR) is 135 cm³/mol. The number of carbonyl (C=O) groups is 3. The smallest absolute Gasteiger partial charge is 0.382 e. The average molecular weight is 579 g/mol. The second-order valence-corrected chi connectivity index (χ2v) is 9.13. The van der Waals surface area contributed by atoms with Gasteiger partial charge in [0.05, 0.1) is 19.2 Å². The Labute approximate surface area is 231 Å². The summed E-state index contributed by atoms with van der Waals surface area (Å²) in [6.07, 6.45) is -1.58. The van der Waals surface area contributed by atoms with Crippen LogP contribution < -0.4 is 16.0 Å². The molecule has 2 aromatic heterocycles. The van der Waals surface area contributed by atoms with Crippen LogP contribution in [0, 0.1) is 5.82 Å². The fourth-order valence-electron chi connectivity index (χ4n) is 4.31. The first kappa shape index (κ1) is 29.5. The molecule has 4 rings (SSSR count). The number of hydrogen-bond acceptors (Lipinski definition) is 7. The van der Waals surface area contributed by atoms with Crippen molar-refractivity contribution in [3.8, 4) is 0 Å². The fraction of sp³-hybridized carbons (Fsp3) is 0.346. The highest BCUT2D eigenvalue weighted by atomic mass is 19.4. The quantitative estimate of drug-likeness (QED) is 0.313. The SMILES string of the molecule is CCc1conc1C(=O)N[C@H](C(=O)Nc1cc([C@@H](COC)N2C[C@@H](C(F)(F)F)NC2=O)ccn1)c1ccc(F)cc1. The number of carbonyl (C=O) groups excluding carboxylic acids is 3. The van der Waals surface area contributed by atoms with Gasteiger partial charge in [-0.25, -0.2) is 14.2 Å². The normalized spacial score (nSPS) is 16.7. The van der Waals surface area contributed by atoms with Crippen molar-refractivity contribution in [3.63, 3.8) is 0 Å². The first-order valence-corrected chi connectivity index (χ1v) is 12.4. The van der Waals surface area contributed by atoms with E-state index in [1.165, 1.54) is 43.8 Å². The van der Waals surface area contributed by atoms with Crippen molar-refractivity contribution in [1.82, 2.24) is 25.7 Å². The summed E-state index contributed by atoms with van der Waals surface area (Å²) >= 11 is 0. The third kappa shape index (κ3) is 6.80. The molecule has 0 aliphatic carbocycles. The van der Waals surface area contributed by atoms with E-state index in [4.69, 9.17) is 9.26 Å². The number of amides is 4. The second kappa shape index (κ2) is 12.3. The lowest BCUT2D eigenvalue weighted by Crippen LogP contribution is -2.40. The number of nitrogens with zero attached hydrogens (tertiary/aromatic N) is 3. The summed E-state index contributed by atoms with van der Waals surface area (Å²) in [5.41, 5.74) is 1.08. The molecule has 0 bridgehead atoms. The minimum atomic E-state index is -4.64. The van der Waals surface area contributed by atoms with Gasteiger partial charge in [0.15, 0.2) is 5.69 Å². The van der Waals surface area contributed by atoms with Crippen molar-refractivity contribution < 1.29 is 41.2 Å². The Morgan fingerprint density at radius 2 is 1.95 bits per heavy atom. The molecule has 3 N–H and O–H groups in total. The molecule has 0 unspecified atom stereocenters. The molecular weight excluding hydrogens is 552 g/mol. The van der Waals surface area contributed by atoms with Crippen LogP contribution in [0.25, 0.3) is 0 Å². The standard InChI is InChI=1S/C26H26F4N6O5/c1-3-14-12-41-35-22(14)24(38)34-21(15-4-6-17(27)7-5-15)23(37)33-20-10-16(8-9-31-20)18(13-40-2)36-11-19(26(28,29)30)32-25(36)39/h4-10,12,18-19,21H,3,11,13H2,1-2H3,(H,32,39)(H,34,38)(H,31,33,37)/t18-,19+,21+/m1/s1. The number of ether oxygens (including phenoxy) is 1. The Morgan fingerprint density at radius 1 is 1.22 bits per heavy atom. The highest BCUT2D eigenvalue weighted by Gasteiger charge is 2.48. The van der Waals surface area contributed by atoms with Crippen molar-refractivity contribution >= 4 is 23.7 Å². The molecule has 15 heteroatoms. The van der Waals surface area contributed by atoms with Gasteiger partial charge in [0.2, 0.25) is 0 Å². The molecule has 0 spiro atoms. The Morgan fingerprint density at radius 3 is 2.59 bits per heavy atom. The zero-order valence-electron chi connectivity index (χ0n) is 21.9. The molecule has 1 saturated heterocycles. The molecule has 41 heavy (non-hydrogen) atoms. The molecule has 1 aliphatic rings. The topological polar surface area (TPSA) is 139 Å². The van der Waals surface area contributed by atoms with E-state index < -0.39 is 54.5 Å². The lowest BCUT2D eigenvalue weighted by atomic mass is 10.0. The average Bonchev–Trinajstić information content (AvgIpc) is 3.57. The van der Waals surface area contributed by atoms with Crippen LogP contribution in [-0.4, -0.2) is 65.4 Å². The third-order valence-corrected chi connectivity index (χ3v) is 6.43. The van der Waals surface area contributed by atoms with E-state index >= 15 is 0 Å². The number of benzene rings is 1. The van der Waals surface area contributed by atoms with Crippen LogP contribution in [0.4, 0.5) is 28.2 Å².